The maximum Gasteiger partial charge on any atom is 0.120 e. The van der Waals surface area contributed by atoms with Crippen molar-refractivity contribution in [3.63, 3.8) is 0 Å². The molecule has 1 N–H and O–H groups in total. The Morgan fingerprint density at radius 1 is 1.13 bits per heavy atom. The second-order valence-corrected chi connectivity index (χ2v) is 4.70. The minimum atomic E-state index is 0.287. The molecule has 0 aliphatic heterocycles. The fourth-order valence-corrected chi connectivity index (χ4v) is 2.38. The predicted octanol–water partition coefficient (Wildman–Crippen LogP) is 3.21. The number of aromatic hydroxyl groups is 1. The number of phenols is 1. The van der Waals surface area contributed by atoms with Crippen LogP contribution in [0.4, 0.5) is 0 Å². The zero-order chi connectivity index (χ0) is 10.8. The summed E-state index contributed by atoms with van der Waals surface area (Å²) in [4.78, 5) is 0. The molecule has 0 bridgehead atoms. The van der Waals surface area contributed by atoms with E-state index in [9.17, 15) is 0 Å². The molecule has 2 rings (SSSR count). The van der Waals surface area contributed by atoms with Gasteiger partial charge in [0.25, 0.3) is 0 Å². The smallest absolute Gasteiger partial charge is 0.120 e. The number of benzene rings is 1. The average Bonchev–Trinajstić information content (AvgIpc) is 2.49. The molecule has 1 aliphatic rings. The van der Waals surface area contributed by atoms with Crippen molar-refractivity contribution in [1.82, 2.24) is 0 Å². The Hall–Kier alpha value is -1.18. The van der Waals surface area contributed by atoms with Crippen molar-refractivity contribution in [3.8, 4) is 11.5 Å². The highest BCUT2D eigenvalue weighted by Gasteiger charge is 2.30. The van der Waals surface area contributed by atoms with Crippen molar-refractivity contribution >= 4 is 0 Å². The molecular weight excluding hydrogens is 188 g/mol. The van der Waals surface area contributed by atoms with E-state index in [1.807, 2.05) is 12.1 Å². The molecular formula is C13H18O2. The van der Waals surface area contributed by atoms with Crippen LogP contribution in [0.2, 0.25) is 0 Å². The zero-order valence-electron chi connectivity index (χ0n) is 9.31. The highest BCUT2D eigenvalue weighted by atomic mass is 16.5. The summed E-state index contributed by atoms with van der Waals surface area (Å²) in [5, 5.41) is 9.16. The Kier molecular flexibility index (Phi) is 2.85. The lowest BCUT2D eigenvalue weighted by Crippen LogP contribution is -2.18. The minimum absolute atomic E-state index is 0.287. The summed E-state index contributed by atoms with van der Waals surface area (Å²) in [6, 6.07) is 6.98. The second kappa shape index (κ2) is 4.13. The van der Waals surface area contributed by atoms with E-state index in [-0.39, 0.29) is 5.75 Å². The largest absolute Gasteiger partial charge is 0.508 e. The minimum Gasteiger partial charge on any atom is -0.508 e. The van der Waals surface area contributed by atoms with Crippen LogP contribution in [-0.4, -0.2) is 11.2 Å². The number of hydrogen-bond acceptors (Lipinski definition) is 2. The maximum atomic E-state index is 9.16. The summed E-state index contributed by atoms with van der Waals surface area (Å²) >= 11 is 0. The highest BCUT2D eigenvalue weighted by Crippen LogP contribution is 2.33. The summed E-state index contributed by atoms with van der Waals surface area (Å²) in [6.07, 6.45) is 2.73. The van der Waals surface area contributed by atoms with Gasteiger partial charge in [-0.2, -0.15) is 0 Å². The van der Waals surface area contributed by atoms with Gasteiger partial charge < -0.3 is 9.84 Å². The SMILES string of the molecule is CC1CC(C)[C@@H](Oc2ccc(O)cc2)C1. The van der Waals surface area contributed by atoms with E-state index < -0.39 is 0 Å². The summed E-state index contributed by atoms with van der Waals surface area (Å²) in [5.74, 6) is 2.55. The molecule has 1 fully saturated rings. The monoisotopic (exact) mass is 206 g/mol. The Balaban J connectivity index is 2.00. The van der Waals surface area contributed by atoms with E-state index in [2.05, 4.69) is 13.8 Å². The van der Waals surface area contributed by atoms with E-state index >= 15 is 0 Å². The molecule has 1 aromatic carbocycles. The van der Waals surface area contributed by atoms with Crippen molar-refractivity contribution in [2.45, 2.75) is 32.8 Å². The van der Waals surface area contributed by atoms with Gasteiger partial charge in [0.1, 0.15) is 17.6 Å². The second-order valence-electron chi connectivity index (χ2n) is 4.70. The summed E-state index contributed by atoms with van der Waals surface area (Å²) in [6.45, 7) is 4.52. The van der Waals surface area contributed by atoms with Crippen LogP contribution in [0, 0.1) is 11.8 Å². The molecule has 2 unspecified atom stereocenters. The fourth-order valence-electron chi connectivity index (χ4n) is 2.38. The normalized spacial score (nSPS) is 30.4. The lowest BCUT2D eigenvalue weighted by molar-refractivity contribution is 0.166. The Bertz CT molecular complexity index is 318. The average molecular weight is 206 g/mol. The van der Waals surface area contributed by atoms with Crippen LogP contribution in [0.1, 0.15) is 26.7 Å². The van der Waals surface area contributed by atoms with Gasteiger partial charge in [-0.1, -0.05) is 13.8 Å². The van der Waals surface area contributed by atoms with Crippen molar-refractivity contribution in [2.75, 3.05) is 0 Å². The summed E-state index contributed by atoms with van der Waals surface area (Å²) in [7, 11) is 0. The van der Waals surface area contributed by atoms with Crippen LogP contribution in [-0.2, 0) is 0 Å². The van der Waals surface area contributed by atoms with E-state index in [0.717, 1.165) is 18.1 Å². The third-order valence-corrected chi connectivity index (χ3v) is 3.17. The quantitative estimate of drug-likeness (QED) is 0.805. The van der Waals surface area contributed by atoms with Gasteiger partial charge in [0.15, 0.2) is 0 Å². The number of phenolic OH excluding ortho intramolecular Hbond substituents is 1. The van der Waals surface area contributed by atoms with Gasteiger partial charge in [0.05, 0.1) is 0 Å². The lowest BCUT2D eigenvalue weighted by Gasteiger charge is -2.17. The first-order valence-corrected chi connectivity index (χ1v) is 5.61. The molecule has 1 saturated carbocycles. The van der Waals surface area contributed by atoms with Gasteiger partial charge in [-0.25, -0.2) is 0 Å². The van der Waals surface area contributed by atoms with Crippen molar-refractivity contribution in [3.05, 3.63) is 24.3 Å². The van der Waals surface area contributed by atoms with Gasteiger partial charge in [-0.15, -0.1) is 0 Å². The van der Waals surface area contributed by atoms with Crippen molar-refractivity contribution < 1.29 is 9.84 Å². The molecule has 82 valence electrons. The first kappa shape index (κ1) is 10.3. The Labute approximate surface area is 90.9 Å². The van der Waals surface area contributed by atoms with Gasteiger partial charge in [0.2, 0.25) is 0 Å². The van der Waals surface area contributed by atoms with Crippen LogP contribution >= 0.6 is 0 Å². The third kappa shape index (κ3) is 2.44. The van der Waals surface area contributed by atoms with Crippen LogP contribution in [0.3, 0.4) is 0 Å². The molecule has 3 atom stereocenters. The summed E-state index contributed by atoms with van der Waals surface area (Å²) in [5.41, 5.74) is 0. The predicted molar refractivity (Wildman–Crippen MR) is 60.1 cm³/mol. The maximum absolute atomic E-state index is 9.16. The van der Waals surface area contributed by atoms with Crippen LogP contribution in [0.5, 0.6) is 11.5 Å². The molecule has 0 aromatic heterocycles. The summed E-state index contributed by atoms with van der Waals surface area (Å²) < 4.78 is 5.90. The van der Waals surface area contributed by atoms with E-state index in [4.69, 9.17) is 9.84 Å². The van der Waals surface area contributed by atoms with E-state index in [0.29, 0.717) is 12.0 Å². The molecule has 0 spiro atoms. The zero-order valence-corrected chi connectivity index (χ0v) is 9.31. The van der Waals surface area contributed by atoms with Crippen LogP contribution < -0.4 is 4.74 Å². The van der Waals surface area contributed by atoms with Crippen molar-refractivity contribution in [1.29, 1.82) is 0 Å². The van der Waals surface area contributed by atoms with Gasteiger partial charge >= 0.3 is 0 Å². The molecule has 1 aliphatic carbocycles. The Morgan fingerprint density at radius 2 is 1.80 bits per heavy atom. The van der Waals surface area contributed by atoms with Gasteiger partial charge in [-0.3, -0.25) is 0 Å². The molecule has 2 nitrogen and oxygen atoms in total. The molecule has 15 heavy (non-hydrogen) atoms. The molecule has 0 radical (unpaired) electrons. The number of rotatable bonds is 2. The van der Waals surface area contributed by atoms with E-state index in [1.54, 1.807) is 12.1 Å². The standard InChI is InChI=1S/C13H18O2/c1-9-7-10(2)13(8-9)15-12-5-3-11(14)4-6-12/h3-6,9-10,13-14H,7-8H2,1-2H3/t9?,10?,13-/m0/s1. The Morgan fingerprint density at radius 3 is 2.33 bits per heavy atom. The van der Waals surface area contributed by atoms with E-state index in [1.165, 1.54) is 6.42 Å². The third-order valence-electron chi connectivity index (χ3n) is 3.17. The lowest BCUT2D eigenvalue weighted by atomic mass is 10.1. The number of hydrogen-bond donors (Lipinski definition) is 1. The van der Waals surface area contributed by atoms with Crippen LogP contribution in [0.15, 0.2) is 24.3 Å². The fraction of sp³-hybridized carbons (Fsp3) is 0.538. The highest BCUT2D eigenvalue weighted by molar-refractivity contribution is 5.30. The van der Waals surface area contributed by atoms with Crippen LogP contribution in [0.25, 0.3) is 0 Å². The first-order chi connectivity index (χ1) is 7.15. The molecule has 0 saturated heterocycles. The molecule has 1 aromatic rings. The molecule has 2 heteroatoms. The topological polar surface area (TPSA) is 29.5 Å². The molecule has 0 amide bonds. The van der Waals surface area contributed by atoms with Crippen molar-refractivity contribution in [2.24, 2.45) is 11.8 Å². The van der Waals surface area contributed by atoms with Gasteiger partial charge in [-0.05, 0) is 48.9 Å². The first-order valence-electron chi connectivity index (χ1n) is 5.61. The number of ether oxygens (including phenoxy) is 1. The van der Waals surface area contributed by atoms with Gasteiger partial charge in [0, 0.05) is 0 Å². The molecule has 0 heterocycles.